The van der Waals surface area contributed by atoms with Crippen LogP contribution >= 0.6 is 0 Å². The summed E-state index contributed by atoms with van der Waals surface area (Å²) in [5.74, 6) is -1.87. The molecule has 3 N–H and O–H groups in total. The molecule has 0 aromatic carbocycles. The summed E-state index contributed by atoms with van der Waals surface area (Å²) in [5.41, 5.74) is 0. The van der Waals surface area contributed by atoms with Crippen molar-refractivity contribution in [1.29, 1.82) is 0 Å². The SMILES string of the molecule is O=C(O)C(CO)CCO.[H-].[Na+]. The number of carbonyl (C=O) groups is 1. The van der Waals surface area contributed by atoms with E-state index in [1.165, 1.54) is 0 Å². The van der Waals surface area contributed by atoms with Crippen molar-refractivity contribution in [3.63, 3.8) is 0 Å². The van der Waals surface area contributed by atoms with Crippen molar-refractivity contribution < 1.29 is 51.1 Å². The summed E-state index contributed by atoms with van der Waals surface area (Å²) in [4.78, 5) is 10.0. The average Bonchev–Trinajstić information content (AvgIpc) is 1.82. The van der Waals surface area contributed by atoms with Gasteiger partial charge in [-0.25, -0.2) is 0 Å². The molecule has 0 aliphatic rings. The average molecular weight is 158 g/mol. The van der Waals surface area contributed by atoms with E-state index in [0.717, 1.165) is 0 Å². The van der Waals surface area contributed by atoms with Crippen molar-refractivity contribution in [3.8, 4) is 0 Å². The fourth-order valence-corrected chi connectivity index (χ4v) is 0.449. The zero-order valence-corrected chi connectivity index (χ0v) is 7.95. The largest absolute Gasteiger partial charge is 1.00 e. The smallest absolute Gasteiger partial charge is 1.00 e. The summed E-state index contributed by atoms with van der Waals surface area (Å²) in [6.45, 7) is -0.604. The van der Waals surface area contributed by atoms with E-state index < -0.39 is 18.5 Å². The van der Waals surface area contributed by atoms with Crippen molar-refractivity contribution in [2.75, 3.05) is 13.2 Å². The maximum atomic E-state index is 10.0. The first-order valence-electron chi connectivity index (χ1n) is 2.67. The first-order valence-corrected chi connectivity index (χ1v) is 2.67. The zero-order chi connectivity index (χ0) is 7.28. The molecule has 0 rings (SSSR count). The van der Waals surface area contributed by atoms with Crippen LogP contribution in [0.4, 0.5) is 0 Å². The molecule has 0 aromatic rings. The van der Waals surface area contributed by atoms with Gasteiger partial charge in [0.2, 0.25) is 0 Å². The van der Waals surface area contributed by atoms with E-state index in [1.807, 2.05) is 0 Å². The number of aliphatic carboxylic acids is 1. The molecule has 0 spiro atoms. The predicted octanol–water partition coefficient (Wildman–Crippen LogP) is -3.82. The van der Waals surface area contributed by atoms with Crippen molar-refractivity contribution in [3.05, 3.63) is 0 Å². The number of rotatable bonds is 4. The maximum Gasteiger partial charge on any atom is 1.00 e. The van der Waals surface area contributed by atoms with Gasteiger partial charge in [0.05, 0.1) is 12.5 Å². The molecular weight excluding hydrogens is 147 g/mol. The second kappa shape index (κ2) is 7.50. The van der Waals surface area contributed by atoms with Crippen molar-refractivity contribution in [1.82, 2.24) is 0 Å². The molecule has 0 aliphatic heterocycles. The van der Waals surface area contributed by atoms with Gasteiger partial charge in [-0.1, -0.05) is 0 Å². The van der Waals surface area contributed by atoms with Gasteiger partial charge in [0.25, 0.3) is 0 Å². The molecule has 1 atom stereocenters. The van der Waals surface area contributed by atoms with Gasteiger partial charge in [-0.05, 0) is 6.42 Å². The first kappa shape index (κ1) is 13.0. The molecule has 1 unspecified atom stereocenters. The Morgan fingerprint density at radius 1 is 1.50 bits per heavy atom. The van der Waals surface area contributed by atoms with Crippen molar-refractivity contribution in [2.24, 2.45) is 5.92 Å². The van der Waals surface area contributed by atoms with E-state index in [9.17, 15) is 4.79 Å². The third kappa shape index (κ3) is 5.20. The minimum absolute atomic E-state index is 0. The van der Waals surface area contributed by atoms with E-state index in [4.69, 9.17) is 15.3 Å². The standard InChI is InChI=1S/C5H10O4.Na.H/c6-2-1-4(3-7)5(8)9;;/h4,6-7H,1-3H2,(H,8,9);;/q;+1;-1. The van der Waals surface area contributed by atoms with Gasteiger partial charge in [-0.2, -0.15) is 0 Å². The summed E-state index contributed by atoms with van der Waals surface area (Å²) in [6.07, 6.45) is 0.117. The number of hydrogen-bond donors (Lipinski definition) is 3. The molecule has 56 valence electrons. The van der Waals surface area contributed by atoms with Crippen LogP contribution in [0.3, 0.4) is 0 Å². The van der Waals surface area contributed by atoms with E-state index in [1.54, 1.807) is 0 Å². The van der Waals surface area contributed by atoms with Gasteiger partial charge in [0.1, 0.15) is 0 Å². The van der Waals surface area contributed by atoms with Gasteiger partial charge in [-0.15, -0.1) is 0 Å². The Kier molecular flexibility index (Phi) is 9.76. The van der Waals surface area contributed by atoms with Crippen LogP contribution in [0.15, 0.2) is 0 Å². The van der Waals surface area contributed by atoms with Crippen LogP contribution in [0.5, 0.6) is 0 Å². The monoisotopic (exact) mass is 158 g/mol. The summed E-state index contributed by atoms with van der Waals surface area (Å²) in [5, 5.41) is 24.8. The minimum atomic E-state index is -1.06. The Morgan fingerprint density at radius 2 is 2.00 bits per heavy atom. The van der Waals surface area contributed by atoms with Gasteiger partial charge >= 0.3 is 35.5 Å². The second-order valence-electron chi connectivity index (χ2n) is 1.73. The maximum absolute atomic E-state index is 10.0. The normalized spacial score (nSPS) is 11.8. The third-order valence-electron chi connectivity index (χ3n) is 1.05. The number of aliphatic hydroxyl groups is 2. The van der Waals surface area contributed by atoms with Crippen molar-refractivity contribution in [2.45, 2.75) is 6.42 Å². The van der Waals surface area contributed by atoms with Crippen LogP contribution in [0, 0.1) is 5.92 Å². The fourth-order valence-electron chi connectivity index (χ4n) is 0.449. The van der Waals surface area contributed by atoms with Gasteiger partial charge in [0, 0.05) is 6.61 Å². The predicted molar refractivity (Wildman–Crippen MR) is 31.0 cm³/mol. The molecule has 0 heterocycles. The molecule has 0 radical (unpaired) electrons. The van der Waals surface area contributed by atoms with Crippen LogP contribution < -0.4 is 29.6 Å². The fraction of sp³-hybridized carbons (Fsp3) is 0.800. The molecule has 0 aliphatic carbocycles. The van der Waals surface area contributed by atoms with E-state index >= 15 is 0 Å². The molecule has 0 amide bonds. The second-order valence-corrected chi connectivity index (χ2v) is 1.73. The summed E-state index contributed by atoms with van der Waals surface area (Å²) in [6, 6.07) is 0. The molecular formula is C5H11NaO4. The Hall–Kier alpha value is 0.390. The Morgan fingerprint density at radius 3 is 2.10 bits per heavy atom. The molecule has 5 heteroatoms. The Bertz CT molecular complexity index is 100. The molecule has 4 nitrogen and oxygen atoms in total. The van der Waals surface area contributed by atoms with Crippen LogP contribution in [0.1, 0.15) is 7.85 Å². The van der Waals surface area contributed by atoms with E-state index in [0.29, 0.717) is 0 Å². The summed E-state index contributed by atoms with van der Waals surface area (Å²) < 4.78 is 0. The van der Waals surface area contributed by atoms with Crippen molar-refractivity contribution >= 4 is 5.97 Å². The quantitative estimate of drug-likeness (QED) is 0.366. The zero-order valence-electron chi connectivity index (χ0n) is 6.95. The van der Waals surface area contributed by atoms with E-state index in [2.05, 4.69) is 0 Å². The molecule has 0 bridgehead atoms. The first-order chi connectivity index (χ1) is 4.22. The molecule has 0 saturated carbocycles. The van der Waals surface area contributed by atoms with Crippen LogP contribution in [-0.4, -0.2) is 34.5 Å². The van der Waals surface area contributed by atoms with Gasteiger partial charge in [-0.3, -0.25) is 4.79 Å². The Balaban J connectivity index is -0.000000320. The number of carboxylic acid groups (broad SMARTS) is 1. The number of hydrogen-bond acceptors (Lipinski definition) is 3. The number of aliphatic hydroxyl groups excluding tert-OH is 2. The van der Waals surface area contributed by atoms with Gasteiger partial charge < -0.3 is 16.7 Å². The minimum Gasteiger partial charge on any atom is -1.00 e. The molecule has 0 saturated heterocycles. The van der Waals surface area contributed by atoms with E-state index in [-0.39, 0.29) is 44.0 Å². The summed E-state index contributed by atoms with van der Waals surface area (Å²) >= 11 is 0. The molecule has 0 aromatic heterocycles. The molecule has 10 heavy (non-hydrogen) atoms. The van der Waals surface area contributed by atoms with Crippen LogP contribution in [0.2, 0.25) is 0 Å². The number of carboxylic acids is 1. The Labute approximate surface area is 82.6 Å². The van der Waals surface area contributed by atoms with Crippen LogP contribution in [0.25, 0.3) is 0 Å². The molecule has 0 fully saturated rings. The van der Waals surface area contributed by atoms with Gasteiger partial charge in [0.15, 0.2) is 0 Å². The third-order valence-corrected chi connectivity index (χ3v) is 1.05. The summed E-state index contributed by atoms with van der Waals surface area (Å²) in [7, 11) is 0. The van der Waals surface area contributed by atoms with Crippen LogP contribution in [-0.2, 0) is 4.79 Å². The topological polar surface area (TPSA) is 77.8 Å².